The van der Waals surface area contributed by atoms with Crippen molar-refractivity contribution in [3.05, 3.63) is 11.3 Å². The van der Waals surface area contributed by atoms with E-state index in [4.69, 9.17) is 5.73 Å². The summed E-state index contributed by atoms with van der Waals surface area (Å²) >= 11 is 0. The second-order valence-electron chi connectivity index (χ2n) is 2.09. The normalized spacial score (nSPS) is 30.0. The molecule has 0 saturated carbocycles. The van der Waals surface area contributed by atoms with Gasteiger partial charge in [0.2, 0.25) is 0 Å². The van der Waals surface area contributed by atoms with Gasteiger partial charge in [-0.3, -0.25) is 0 Å². The van der Waals surface area contributed by atoms with E-state index in [2.05, 4.69) is 18.8 Å². The van der Waals surface area contributed by atoms with Crippen LogP contribution in [0.15, 0.2) is 11.3 Å². The van der Waals surface area contributed by atoms with Crippen LogP contribution in [0.4, 0.5) is 0 Å². The Kier molecular flexibility index (Phi) is 1.02. The van der Waals surface area contributed by atoms with E-state index in [1.165, 1.54) is 0 Å². The molecule has 0 aromatic rings. The van der Waals surface area contributed by atoms with Crippen LogP contribution in [0.2, 0.25) is 0 Å². The van der Waals surface area contributed by atoms with Crippen LogP contribution in [0.5, 0.6) is 0 Å². The third-order valence-electron chi connectivity index (χ3n) is 1.28. The molecule has 0 amide bonds. The van der Waals surface area contributed by atoms with Crippen LogP contribution < -0.4 is 5.73 Å². The standard InChI is InChI=1S/C7H9N/c1-5-3-4-7(5)6(2)8/h5H,8H2,1-2H3/b7-6+. The van der Waals surface area contributed by atoms with Gasteiger partial charge in [0.1, 0.15) is 0 Å². The first kappa shape index (κ1) is 5.24. The van der Waals surface area contributed by atoms with Gasteiger partial charge in [-0.05, 0) is 13.8 Å². The van der Waals surface area contributed by atoms with Crippen molar-refractivity contribution in [2.75, 3.05) is 0 Å². The van der Waals surface area contributed by atoms with Crippen molar-refractivity contribution < 1.29 is 0 Å². The van der Waals surface area contributed by atoms with Gasteiger partial charge in [-0.15, -0.1) is 0 Å². The Morgan fingerprint density at radius 3 is 2.38 bits per heavy atom. The summed E-state index contributed by atoms with van der Waals surface area (Å²) in [5, 5.41) is 0. The molecule has 0 aromatic heterocycles. The zero-order valence-corrected chi connectivity index (χ0v) is 5.15. The second-order valence-corrected chi connectivity index (χ2v) is 2.09. The van der Waals surface area contributed by atoms with Gasteiger partial charge >= 0.3 is 0 Å². The maximum atomic E-state index is 5.47. The molecular weight excluding hydrogens is 98.1 g/mol. The minimum Gasteiger partial charge on any atom is -0.401 e. The van der Waals surface area contributed by atoms with E-state index in [1.807, 2.05) is 6.92 Å². The van der Waals surface area contributed by atoms with Crippen molar-refractivity contribution in [1.82, 2.24) is 0 Å². The molecule has 1 aliphatic rings. The minimum atomic E-state index is 0.417. The molecule has 0 bridgehead atoms. The van der Waals surface area contributed by atoms with Crippen LogP contribution in [0.1, 0.15) is 13.8 Å². The Balaban J connectivity index is 2.86. The molecule has 0 fully saturated rings. The summed E-state index contributed by atoms with van der Waals surface area (Å²) in [7, 11) is 0. The summed E-state index contributed by atoms with van der Waals surface area (Å²) in [6.07, 6.45) is 0. The highest BCUT2D eigenvalue weighted by Crippen LogP contribution is 2.17. The van der Waals surface area contributed by atoms with Crippen LogP contribution in [0.3, 0.4) is 0 Å². The van der Waals surface area contributed by atoms with Crippen LogP contribution >= 0.6 is 0 Å². The molecule has 0 aliphatic heterocycles. The lowest BCUT2D eigenvalue weighted by Crippen LogP contribution is -2.09. The molecule has 8 heavy (non-hydrogen) atoms. The van der Waals surface area contributed by atoms with Crippen LogP contribution in [0.25, 0.3) is 0 Å². The first-order valence-electron chi connectivity index (χ1n) is 2.69. The zero-order valence-electron chi connectivity index (χ0n) is 5.15. The molecule has 42 valence electrons. The molecule has 1 aliphatic carbocycles. The third kappa shape index (κ3) is 0.586. The lowest BCUT2D eigenvalue weighted by atomic mass is 9.93. The minimum absolute atomic E-state index is 0.417. The van der Waals surface area contributed by atoms with Gasteiger partial charge in [0, 0.05) is 11.3 Å². The smallest absolute Gasteiger partial charge is 0.0524 e. The monoisotopic (exact) mass is 107 g/mol. The topological polar surface area (TPSA) is 26.0 Å². The number of allylic oxidation sites excluding steroid dienone is 2. The Hall–Kier alpha value is -0.900. The molecule has 0 heterocycles. The van der Waals surface area contributed by atoms with E-state index in [0.29, 0.717) is 5.92 Å². The molecule has 1 nitrogen and oxygen atoms in total. The highest BCUT2D eigenvalue weighted by atomic mass is 14.6. The highest BCUT2D eigenvalue weighted by Gasteiger charge is 2.11. The average Bonchev–Trinajstić information content (AvgIpc) is 1.61. The number of hydrogen-bond acceptors (Lipinski definition) is 1. The number of hydrogen-bond donors (Lipinski definition) is 1. The quantitative estimate of drug-likeness (QED) is 0.457. The van der Waals surface area contributed by atoms with Gasteiger partial charge < -0.3 is 5.73 Å². The van der Waals surface area contributed by atoms with E-state index >= 15 is 0 Å². The van der Waals surface area contributed by atoms with Crippen molar-refractivity contribution in [1.29, 1.82) is 0 Å². The third-order valence-corrected chi connectivity index (χ3v) is 1.28. The molecule has 0 saturated heterocycles. The molecular formula is C7H9N. The van der Waals surface area contributed by atoms with E-state index in [1.54, 1.807) is 0 Å². The van der Waals surface area contributed by atoms with E-state index in [9.17, 15) is 0 Å². The SMILES string of the molecule is C/C(N)=C1/C#CC1C. The maximum Gasteiger partial charge on any atom is 0.0524 e. The summed E-state index contributed by atoms with van der Waals surface area (Å²) in [5.74, 6) is 6.27. The van der Waals surface area contributed by atoms with E-state index < -0.39 is 0 Å². The maximum absolute atomic E-state index is 5.47. The number of nitrogens with two attached hydrogens (primary N) is 1. The van der Waals surface area contributed by atoms with Crippen molar-refractivity contribution in [2.45, 2.75) is 13.8 Å². The van der Waals surface area contributed by atoms with Gasteiger partial charge in [0.15, 0.2) is 0 Å². The number of rotatable bonds is 0. The molecule has 0 radical (unpaired) electrons. The second kappa shape index (κ2) is 1.56. The largest absolute Gasteiger partial charge is 0.401 e. The van der Waals surface area contributed by atoms with Crippen LogP contribution in [0, 0.1) is 17.8 Å². The molecule has 1 atom stereocenters. The molecule has 1 heteroatoms. The molecule has 2 N–H and O–H groups in total. The Labute approximate surface area is 49.6 Å². The van der Waals surface area contributed by atoms with Gasteiger partial charge in [0.25, 0.3) is 0 Å². The Morgan fingerprint density at radius 2 is 2.38 bits per heavy atom. The van der Waals surface area contributed by atoms with Gasteiger partial charge in [-0.1, -0.05) is 11.8 Å². The summed E-state index contributed by atoms with van der Waals surface area (Å²) in [6.45, 7) is 3.95. The fraction of sp³-hybridized carbons (Fsp3) is 0.429. The van der Waals surface area contributed by atoms with E-state index in [0.717, 1.165) is 11.3 Å². The van der Waals surface area contributed by atoms with Crippen molar-refractivity contribution in [2.24, 2.45) is 11.7 Å². The van der Waals surface area contributed by atoms with Crippen LogP contribution in [-0.4, -0.2) is 0 Å². The highest BCUT2D eigenvalue weighted by molar-refractivity contribution is 5.46. The van der Waals surface area contributed by atoms with Gasteiger partial charge in [-0.2, -0.15) is 0 Å². The molecule has 1 rings (SSSR count). The lowest BCUT2D eigenvalue weighted by molar-refractivity contribution is 0.878. The summed E-state index contributed by atoms with van der Waals surface area (Å²) < 4.78 is 0. The Morgan fingerprint density at radius 1 is 1.75 bits per heavy atom. The zero-order chi connectivity index (χ0) is 6.15. The predicted molar refractivity (Wildman–Crippen MR) is 33.8 cm³/mol. The van der Waals surface area contributed by atoms with Crippen molar-refractivity contribution in [3.8, 4) is 11.8 Å². The fourth-order valence-corrected chi connectivity index (χ4v) is 0.729. The van der Waals surface area contributed by atoms with Crippen molar-refractivity contribution in [3.63, 3.8) is 0 Å². The first-order chi connectivity index (χ1) is 3.72. The van der Waals surface area contributed by atoms with Crippen molar-refractivity contribution >= 4 is 0 Å². The predicted octanol–water partition coefficient (Wildman–Crippen LogP) is 0.872. The summed E-state index contributed by atoms with van der Waals surface area (Å²) in [4.78, 5) is 0. The van der Waals surface area contributed by atoms with E-state index in [-0.39, 0.29) is 0 Å². The van der Waals surface area contributed by atoms with Gasteiger partial charge in [0.05, 0.1) is 5.92 Å². The average molecular weight is 107 g/mol. The molecule has 1 unspecified atom stereocenters. The summed E-state index contributed by atoms with van der Waals surface area (Å²) in [5.41, 5.74) is 7.45. The first-order valence-corrected chi connectivity index (χ1v) is 2.69. The molecule has 0 aromatic carbocycles. The Bertz CT molecular complexity index is 186. The fourth-order valence-electron chi connectivity index (χ4n) is 0.729. The molecule has 0 spiro atoms. The lowest BCUT2D eigenvalue weighted by Gasteiger charge is -2.11. The summed E-state index contributed by atoms with van der Waals surface area (Å²) in [6, 6.07) is 0. The van der Waals surface area contributed by atoms with Crippen LogP contribution in [-0.2, 0) is 0 Å². The van der Waals surface area contributed by atoms with Gasteiger partial charge in [-0.25, -0.2) is 0 Å².